The summed E-state index contributed by atoms with van der Waals surface area (Å²) in [7, 11) is 0. The fourth-order valence-corrected chi connectivity index (χ4v) is 3.50. The van der Waals surface area contributed by atoms with Crippen molar-refractivity contribution < 1.29 is 14.3 Å². The molecule has 5 rings (SSSR count). The van der Waals surface area contributed by atoms with Gasteiger partial charge in [0.1, 0.15) is 0 Å². The van der Waals surface area contributed by atoms with Crippen molar-refractivity contribution in [1.29, 1.82) is 0 Å². The highest BCUT2D eigenvalue weighted by atomic mass is 16.7. The van der Waals surface area contributed by atoms with Crippen LogP contribution in [0.3, 0.4) is 0 Å². The fraction of sp³-hybridized carbons (Fsp3) is 0.200. The number of nitrogens with one attached hydrogen (secondary N) is 1. The number of rotatable bonds is 2. The number of fused-ring (bicyclic) bond motifs is 2. The summed E-state index contributed by atoms with van der Waals surface area (Å²) in [5.74, 6) is 1.16. The molecule has 0 spiro atoms. The first-order valence-electron chi connectivity index (χ1n) is 8.62. The molecule has 0 aliphatic carbocycles. The highest BCUT2D eigenvalue weighted by Crippen LogP contribution is 2.34. The van der Waals surface area contributed by atoms with Crippen molar-refractivity contribution in [1.82, 2.24) is 14.9 Å². The van der Waals surface area contributed by atoms with Crippen molar-refractivity contribution in [3.63, 3.8) is 0 Å². The Balaban J connectivity index is 1.62. The molecule has 2 aliphatic heterocycles. The van der Waals surface area contributed by atoms with E-state index in [1.165, 1.54) is 5.57 Å². The SMILES string of the molecule is O=C(c1ccc2c(c1)OCO2)n1cc(C2=CCNCC2)c2ncccc21. The average molecular weight is 347 g/mol. The van der Waals surface area contributed by atoms with Crippen LogP contribution < -0.4 is 14.8 Å². The first kappa shape index (κ1) is 15.2. The minimum absolute atomic E-state index is 0.109. The van der Waals surface area contributed by atoms with E-state index in [4.69, 9.17) is 9.47 Å². The van der Waals surface area contributed by atoms with E-state index < -0.39 is 0 Å². The molecule has 4 heterocycles. The van der Waals surface area contributed by atoms with Gasteiger partial charge in [-0.3, -0.25) is 14.3 Å². The molecule has 2 aliphatic rings. The Hall–Kier alpha value is -3.12. The lowest BCUT2D eigenvalue weighted by Gasteiger charge is -2.12. The molecule has 6 nitrogen and oxygen atoms in total. The summed E-state index contributed by atoms with van der Waals surface area (Å²) in [4.78, 5) is 17.7. The fourth-order valence-electron chi connectivity index (χ4n) is 3.50. The zero-order chi connectivity index (χ0) is 17.5. The van der Waals surface area contributed by atoms with Crippen LogP contribution in [0.2, 0.25) is 0 Å². The molecule has 0 saturated heterocycles. The van der Waals surface area contributed by atoms with Gasteiger partial charge in [-0.1, -0.05) is 6.08 Å². The Morgan fingerprint density at radius 1 is 1.19 bits per heavy atom. The molecular formula is C20H17N3O3. The summed E-state index contributed by atoms with van der Waals surface area (Å²) < 4.78 is 12.4. The van der Waals surface area contributed by atoms with Gasteiger partial charge in [0.2, 0.25) is 6.79 Å². The molecular weight excluding hydrogens is 330 g/mol. The van der Waals surface area contributed by atoms with E-state index in [0.29, 0.717) is 17.1 Å². The van der Waals surface area contributed by atoms with E-state index in [2.05, 4.69) is 16.4 Å². The third kappa shape index (κ3) is 2.38. The number of hydrogen-bond acceptors (Lipinski definition) is 5. The molecule has 0 atom stereocenters. The van der Waals surface area contributed by atoms with Crippen molar-refractivity contribution in [2.45, 2.75) is 6.42 Å². The van der Waals surface area contributed by atoms with Gasteiger partial charge in [0.15, 0.2) is 11.5 Å². The summed E-state index contributed by atoms with van der Waals surface area (Å²) in [6.07, 6.45) is 6.76. The molecule has 3 aromatic rings. The zero-order valence-corrected chi connectivity index (χ0v) is 14.1. The van der Waals surface area contributed by atoms with Gasteiger partial charge >= 0.3 is 0 Å². The summed E-state index contributed by atoms with van der Waals surface area (Å²) in [5, 5.41) is 3.32. The number of benzene rings is 1. The largest absolute Gasteiger partial charge is 0.454 e. The number of carbonyl (C=O) groups excluding carboxylic acids is 1. The number of pyridine rings is 1. The van der Waals surface area contributed by atoms with Crippen LogP contribution in [0.1, 0.15) is 22.3 Å². The van der Waals surface area contributed by atoms with Crippen LogP contribution in [-0.2, 0) is 0 Å². The lowest BCUT2D eigenvalue weighted by molar-refractivity contribution is 0.0964. The summed E-state index contributed by atoms with van der Waals surface area (Å²) in [5.41, 5.74) is 4.47. The van der Waals surface area contributed by atoms with Gasteiger partial charge in [-0.2, -0.15) is 0 Å². The monoisotopic (exact) mass is 347 g/mol. The molecule has 0 fully saturated rings. The Labute approximate surface area is 150 Å². The molecule has 1 aromatic carbocycles. The minimum atomic E-state index is -0.109. The number of carbonyl (C=O) groups is 1. The Bertz CT molecular complexity index is 1050. The van der Waals surface area contributed by atoms with Gasteiger partial charge in [0, 0.05) is 30.1 Å². The van der Waals surface area contributed by atoms with Crippen LogP contribution in [-0.4, -0.2) is 35.3 Å². The Morgan fingerprint density at radius 3 is 3.00 bits per heavy atom. The number of nitrogens with zero attached hydrogens (tertiary/aromatic N) is 2. The Kier molecular flexibility index (Phi) is 3.50. The third-order valence-electron chi connectivity index (χ3n) is 4.81. The van der Waals surface area contributed by atoms with Crippen LogP contribution >= 0.6 is 0 Å². The minimum Gasteiger partial charge on any atom is -0.454 e. The molecule has 6 heteroatoms. The Morgan fingerprint density at radius 2 is 2.12 bits per heavy atom. The van der Waals surface area contributed by atoms with Crippen molar-refractivity contribution in [2.75, 3.05) is 19.9 Å². The van der Waals surface area contributed by atoms with E-state index in [9.17, 15) is 4.79 Å². The van der Waals surface area contributed by atoms with Gasteiger partial charge < -0.3 is 14.8 Å². The molecule has 130 valence electrons. The first-order valence-corrected chi connectivity index (χ1v) is 8.62. The normalized spacial score (nSPS) is 15.9. The van der Waals surface area contributed by atoms with Crippen molar-refractivity contribution in [2.24, 2.45) is 0 Å². The standard InChI is InChI=1S/C20H17N3O3/c24-20(14-3-4-17-18(10-14)26-12-25-17)23-11-15(13-5-8-21-9-6-13)19-16(23)2-1-7-22-19/h1-5,7,10-11,21H,6,8-9,12H2. The smallest absolute Gasteiger partial charge is 0.262 e. The van der Waals surface area contributed by atoms with Crippen LogP contribution in [0.4, 0.5) is 0 Å². The second kappa shape index (κ2) is 6.00. The highest BCUT2D eigenvalue weighted by Gasteiger charge is 2.21. The van der Waals surface area contributed by atoms with Crippen molar-refractivity contribution >= 4 is 22.5 Å². The predicted molar refractivity (Wildman–Crippen MR) is 97.5 cm³/mol. The van der Waals surface area contributed by atoms with Gasteiger partial charge in [-0.25, -0.2) is 0 Å². The van der Waals surface area contributed by atoms with Crippen LogP contribution in [0.25, 0.3) is 16.6 Å². The molecule has 26 heavy (non-hydrogen) atoms. The zero-order valence-electron chi connectivity index (χ0n) is 14.1. The maximum atomic E-state index is 13.2. The molecule has 1 N–H and O–H groups in total. The average Bonchev–Trinajstić information content (AvgIpc) is 3.32. The van der Waals surface area contributed by atoms with E-state index in [1.54, 1.807) is 29.0 Å². The second-order valence-electron chi connectivity index (χ2n) is 6.34. The van der Waals surface area contributed by atoms with Gasteiger partial charge in [-0.05, 0) is 48.9 Å². The maximum absolute atomic E-state index is 13.2. The quantitative estimate of drug-likeness (QED) is 0.772. The number of hydrogen-bond donors (Lipinski definition) is 1. The molecule has 0 amide bonds. The summed E-state index contributed by atoms with van der Waals surface area (Å²) >= 11 is 0. The lowest BCUT2D eigenvalue weighted by atomic mass is 10.0. The maximum Gasteiger partial charge on any atom is 0.262 e. The molecule has 0 radical (unpaired) electrons. The lowest BCUT2D eigenvalue weighted by Crippen LogP contribution is -2.20. The second-order valence-corrected chi connectivity index (χ2v) is 6.34. The van der Waals surface area contributed by atoms with Crippen LogP contribution in [0, 0.1) is 0 Å². The van der Waals surface area contributed by atoms with Crippen LogP contribution in [0.15, 0.2) is 48.8 Å². The van der Waals surface area contributed by atoms with Gasteiger partial charge in [0.25, 0.3) is 5.91 Å². The topological polar surface area (TPSA) is 65.4 Å². The molecule has 0 saturated carbocycles. The van der Waals surface area contributed by atoms with Gasteiger partial charge in [-0.15, -0.1) is 0 Å². The van der Waals surface area contributed by atoms with E-state index in [1.807, 2.05) is 18.3 Å². The molecule has 0 unspecified atom stereocenters. The highest BCUT2D eigenvalue weighted by molar-refractivity contribution is 6.04. The predicted octanol–water partition coefficient (Wildman–Crippen LogP) is 2.83. The first-order chi connectivity index (χ1) is 12.8. The summed E-state index contributed by atoms with van der Waals surface area (Å²) in [6.45, 7) is 1.96. The molecule has 2 aromatic heterocycles. The van der Waals surface area contributed by atoms with Crippen molar-refractivity contribution in [3.8, 4) is 11.5 Å². The summed E-state index contributed by atoms with van der Waals surface area (Å²) in [6, 6.07) is 9.05. The third-order valence-corrected chi connectivity index (χ3v) is 4.81. The van der Waals surface area contributed by atoms with Gasteiger partial charge in [0.05, 0.1) is 11.0 Å². The van der Waals surface area contributed by atoms with Crippen molar-refractivity contribution in [3.05, 3.63) is 59.9 Å². The molecule has 0 bridgehead atoms. The van der Waals surface area contributed by atoms with E-state index >= 15 is 0 Å². The van der Waals surface area contributed by atoms with E-state index in [-0.39, 0.29) is 12.7 Å². The van der Waals surface area contributed by atoms with E-state index in [0.717, 1.165) is 36.1 Å². The van der Waals surface area contributed by atoms with Crippen LogP contribution in [0.5, 0.6) is 11.5 Å². The number of ether oxygens (including phenoxy) is 2. The number of aromatic nitrogens is 2.